The Morgan fingerprint density at radius 3 is 2.54 bits per heavy atom. The van der Waals surface area contributed by atoms with E-state index in [1.165, 1.54) is 6.07 Å². The summed E-state index contributed by atoms with van der Waals surface area (Å²) in [5.74, 6) is -0.266. The van der Waals surface area contributed by atoms with Crippen molar-refractivity contribution in [1.82, 2.24) is 4.98 Å². The Morgan fingerprint density at radius 2 is 1.96 bits per heavy atom. The van der Waals surface area contributed by atoms with Crippen LogP contribution in [-0.2, 0) is 6.42 Å². The van der Waals surface area contributed by atoms with Crippen molar-refractivity contribution in [2.24, 2.45) is 5.92 Å². The van der Waals surface area contributed by atoms with Gasteiger partial charge in [-0.25, -0.2) is 9.78 Å². The monoisotopic (exact) mass is 356 g/mol. The molecular formula is C20H24N2O4. The van der Waals surface area contributed by atoms with Crippen LogP contribution in [0.4, 0.5) is 5.69 Å². The van der Waals surface area contributed by atoms with E-state index in [4.69, 9.17) is 9.84 Å². The minimum Gasteiger partial charge on any atom is -0.492 e. The number of pyridine rings is 1. The highest BCUT2D eigenvalue weighted by Gasteiger charge is 2.15. The van der Waals surface area contributed by atoms with Crippen molar-refractivity contribution >= 4 is 17.6 Å². The second-order valence-corrected chi connectivity index (χ2v) is 6.46. The average Bonchev–Trinajstić information content (AvgIpc) is 2.55. The van der Waals surface area contributed by atoms with Crippen molar-refractivity contribution in [3.63, 3.8) is 0 Å². The minimum atomic E-state index is -0.994. The van der Waals surface area contributed by atoms with Crippen LogP contribution in [0.1, 0.15) is 52.9 Å². The fourth-order valence-electron chi connectivity index (χ4n) is 2.61. The lowest BCUT2D eigenvalue weighted by Gasteiger charge is -2.13. The van der Waals surface area contributed by atoms with Crippen molar-refractivity contribution in [3.8, 4) is 5.75 Å². The van der Waals surface area contributed by atoms with Crippen LogP contribution >= 0.6 is 0 Å². The van der Waals surface area contributed by atoms with E-state index in [1.807, 2.05) is 6.92 Å². The van der Waals surface area contributed by atoms with Gasteiger partial charge in [0.15, 0.2) is 0 Å². The van der Waals surface area contributed by atoms with Gasteiger partial charge in [-0.3, -0.25) is 4.79 Å². The summed E-state index contributed by atoms with van der Waals surface area (Å²) in [6.45, 7) is 8.29. The van der Waals surface area contributed by atoms with Crippen LogP contribution in [-0.4, -0.2) is 28.6 Å². The van der Waals surface area contributed by atoms with Gasteiger partial charge in [0.1, 0.15) is 11.4 Å². The topological polar surface area (TPSA) is 88.5 Å². The number of nitrogens with one attached hydrogen (secondary N) is 1. The maximum atomic E-state index is 12.5. The van der Waals surface area contributed by atoms with Crippen LogP contribution < -0.4 is 10.1 Å². The maximum Gasteiger partial charge on any atom is 0.335 e. The number of carbonyl (C=O) groups is 2. The normalized spacial score (nSPS) is 10.7. The van der Waals surface area contributed by atoms with Crippen LogP contribution in [0.5, 0.6) is 5.75 Å². The molecule has 0 fully saturated rings. The number of aryl methyl sites for hydroxylation is 1. The molecule has 0 bridgehead atoms. The molecule has 1 amide bonds. The molecule has 2 N–H and O–H groups in total. The molecule has 0 unspecified atom stereocenters. The van der Waals surface area contributed by atoms with Crippen molar-refractivity contribution in [3.05, 3.63) is 52.8 Å². The summed E-state index contributed by atoms with van der Waals surface area (Å²) in [6, 6.07) is 8.07. The Morgan fingerprint density at radius 1 is 1.23 bits per heavy atom. The second-order valence-electron chi connectivity index (χ2n) is 6.46. The number of rotatable bonds is 7. The first-order valence-corrected chi connectivity index (χ1v) is 8.59. The fourth-order valence-corrected chi connectivity index (χ4v) is 2.61. The predicted molar refractivity (Wildman–Crippen MR) is 100 cm³/mol. The van der Waals surface area contributed by atoms with Gasteiger partial charge in [-0.2, -0.15) is 0 Å². The van der Waals surface area contributed by atoms with E-state index in [-0.39, 0.29) is 11.5 Å². The Kier molecular flexibility index (Phi) is 6.33. The van der Waals surface area contributed by atoms with Crippen LogP contribution in [0.2, 0.25) is 0 Å². The zero-order chi connectivity index (χ0) is 19.3. The maximum absolute atomic E-state index is 12.5. The molecule has 0 saturated carbocycles. The number of hydrogen-bond acceptors (Lipinski definition) is 4. The molecule has 1 aromatic carbocycles. The molecular weight excluding hydrogens is 332 g/mol. The van der Waals surface area contributed by atoms with Gasteiger partial charge in [-0.1, -0.05) is 13.8 Å². The third kappa shape index (κ3) is 4.81. The van der Waals surface area contributed by atoms with Crippen LogP contribution in [0, 0.1) is 12.8 Å². The molecule has 26 heavy (non-hydrogen) atoms. The molecule has 2 aromatic rings. The van der Waals surface area contributed by atoms with E-state index in [0.717, 1.165) is 5.69 Å². The van der Waals surface area contributed by atoms with E-state index in [0.29, 0.717) is 41.6 Å². The van der Waals surface area contributed by atoms with Gasteiger partial charge in [0.25, 0.3) is 5.91 Å². The standard InChI is InChI=1S/C20H24N2O4/c1-5-26-18-9-8-16(22-17(18)10-12(2)3)19(23)21-14-6-7-15(20(24)25)13(4)11-14/h6-9,11-12H,5,10H2,1-4H3,(H,21,23)(H,24,25). The molecule has 0 aliphatic heterocycles. The van der Waals surface area contributed by atoms with Crippen molar-refractivity contribution < 1.29 is 19.4 Å². The van der Waals surface area contributed by atoms with Gasteiger partial charge in [0, 0.05) is 5.69 Å². The van der Waals surface area contributed by atoms with Gasteiger partial charge >= 0.3 is 5.97 Å². The molecule has 0 aliphatic rings. The van der Waals surface area contributed by atoms with E-state index >= 15 is 0 Å². The summed E-state index contributed by atoms with van der Waals surface area (Å²) >= 11 is 0. The van der Waals surface area contributed by atoms with Gasteiger partial charge in [0.05, 0.1) is 17.9 Å². The summed E-state index contributed by atoms with van der Waals surface area (Å²) in [5, 5.41) is 11.8. The first-order valence-electron chi connectivity index (χ1n) is 8.59. The largest absolute Gasteiger partial charge is 0.492 e. The Bertz CT molecular complexity index is 815. The number of amides is 1. The van der Waals surface area contributed by atoms with Gasteiger partial charge < -0.3 is 15.2 Å². The third-order valence-corrected chi connectivity index (χ3v) is 3.78. The van der Waals surface area contributed by atoms with E-state index < -0.39 is 5.97 Å². The lowest BCUT2D eigenvalue weighted by molar-refractivity contribution is 0.0696. The molecule has 0 atom stereocenters. The average molecular weight is 356 g/mol. The van der Waals surface area contributed by atoms with Gasteiger partial charge in [-0.05, 0) is 62.1 Å². The Labute approximate surface area is 153 Å². The quantitative estimate of drug-likeness (QED) is 0.784. The summed E-state index contributed by atoms with van der Waals surface area (Å²) in [4.78, 5) is 28.1. The summed E-state index contributed by atoms with van der Waals surface area (Å²) in [5.41, 5.74) is 2.37. The summed E-state index contributed by atoms with van der Waals surface area (Å²) in [6.07, 6.45) is 0.711. The van der Waals surface area contributed by atoms with Crippen molar-refractivity contribution in [1.29, 1.82) is 0 Å². The van der Waals surface area contributed by atoms with Crippen LogP contribution in [0.25, 0.3) is 0 Å². The molecule has 0 radical (unpaired) electrons. The smallest absolute Gasteiger partial charge is 0.335 e. The molecule has 1 heterocycles. The van der Waals surface area contributed by atoms with Crippen LogP contribution in [0.3, 0.4) is 0 Å². The lowest BCUT2D eigenvalue weighted by atomic mass is 10.1. The number of carboxylic acid groups (broad SMARTS) is 1. The van der Waals surface area contributed by atoms with E-state index in [1.54, 1.807) is 31.2 Å². The third-order valence-electron chi connectivity index (χ3n) is 3.78. The highest BCUT2D eigenvalue weighted by Crippen LogP contribution is 2.21. The van der Waals surface area contributed by atoms with E-state index in [2.05, 4.69) is 24.1 Å². The van der Waals surface area contributed by atoms with Gasteiger partial charge in [-0.15, -0.1) is 0 Å². The molecule has 6 nitrogen and oxygen atoms in total. The number of aromatic carboxylic acids is 1. The Balaban J connectivity index is 2.23. The number of ether oxygens (including phenoxy) is 1. The highest BCUT2D eigenvalue weighted by atomic mass is 16.5. The number of anilines is 1. The van der Waals surface area contributed by atoms with Crippen molar-refractivity contribution in [2.75, 3.05) is 11.9 Å². The number of nitrogens with zero attached hydrogens (tertiary/aromatic N) is 1. The predicted octanol–water partition coefficient (Wildman–Crippen LogP) is 3.94. The molecule has 6 heteroatoms. The van der Waals surface area contributed by atoms with Crippen LogP contribution in [0.15, 0.2) is 30.3 Å². The number of aromatic nitrogens is 1. The number of benzene rings is 1. The molecule has 0 spiro atoms. The summed E-state index contributed by atoms with van der Waals surface area (Å²) < 4.78 is 5.59. The lowest BCUT2D eigenvalue weighted by Crippen LogP contribution is -2.16. The van der Waals surface area contributed by atoms with Gasteiger partial charge in [0.2, 0.25) is 0 Å². The highest BCUT2D eigenvalue weighted by molar-refractivity contribution is 6.03. The first-order chi connectivity index (χ1) is 12.3. The SMILES string of the molecule is CCOc1ccc(C(=O)Nc2ccc(C(=O)O)c(C)c2)nc1CC(C)C. The molecule has 138 valence electrons. The first kappa shape index (κ1) is 19.4. The minimum absolute atomic E-state index is 0.210. The summed E-state index contributed by atoms with van der Waals surface area (Å²) in [7, 11) is 0. The number of hydrogen-bond donors (Lipinski definition) is 2. The molecule has 2 rings (SSSR count). The molecule has 0 saturated heterocycles. The zero-order valence-electron chi connectivity index (χ0n) is 15.5. The number of carboxylic acids is 1. The van der Waals surface area contributed by atoms with Crippen molar-refractivity contribution in [2.45, 2.75) is 34.1 Å². The van der Waals surface area contributed by atoms with E-state index in [9.17, 15) is 9.59 Å². The number of carbonyl (C=O) groups excluding carboxylic acids is 1. The molecule has 1 aromatic heterocycles. The second kappa shape index (κ2) is 8.47. The zero-order valence-corrected chi connectivity index (χ0v) is 15.5. The fraction of sp³-hybridized carbons (Fsp3) is 0.350. The molecule has 0 aliphatic carbocycles. The Hall–Kier alpha value is -2.89.